The molecule has 2 rings (SSSR count). The van der Waals surface area contributed by atoms with Crippen LogP contribution in [-0.4, -0.2) is 50.4 Å². The molecule has 0 radical (unpaired) electrons. The number of carbonyl (C=O) groups excluding carboxylic acids is 1. The van der Waals surface area contributed by atoms with E-state index in [0.29, 0.717) is 5.92 Å². The van der Waals surface area contributed by atoms with Crippen molar-refractivity contribution in [3.8, 4) is 0 Å². The molecule has 1 aliphatic carbocycles. The second-order valence-electron chi connectivity index (χ2n) is 5.70. The van der Waals surface area contributed by atoms with Crippen LogP contribution < -0.4 is 0 Å². The summed E-state index contributed by atoms with van der Waals surface area (Å²) < 4.78 is 0. The normalized spacial score (nSPS) is 26.2. The Hall–Kier alpha value is -1.35. The van der Waals surface area contributed by atoms with Crippen molar-refractivity contribution >= 4 is 5.91 Å². The first-order chi connectivity index (χ1) is 8.48. The van der Waals surface area contributed by atoms with E-state index in [9.17, 15) is 4.79 Å². The number of nitrogens with zero attached hydrogens (tertiary/aromatic N) is 2. The average molecular weight is 246 g/mol. The summed E-state index contributed by atoms with van der Waals surface area (Å²) in [6.45, 7) is 0.967. The van der Waals surface area contributed by atoms with Crippen molar-refractivity contribution < 1.29 is 4.79 Å². The van der Waals surface area contributed by atoms with E-state index in [1.165, 1.54) is 0 Å². The monoisotopic (exact) mass is 246 g/mol. The van der Waals surface area contributed by atoms with Gasteiger partial charge in [-0.05, 0) is 32.0 Å². The lowest BCUT2D eigenvalue weighted by atomic mass is 9.91. The van der Waals surface area contributed by atoms with E-state index in [1.807, 2.05) is 32.3 Å². The van der Waals surface area contributed by atoms with Gasteiger partial charge < -0.3 is 9.80 Å². The maximum absolute atomic E-state index is 12.5. The third-order valence-corrected chi connectivity index (χ3v) is 3.77. The Morgan fingerprint density at radius 2 is 1.83 bits per heavy atom. The van der Waals surface area contributed by atoms with Gasteiger partial charge in [-0.3, -0.25) is 4.79 Å². The minimum absolute atomic E-state index is 0.237. The molecular weight excluding hydrogens is 224 g/mol. The maximum Gasteiger partial charge on any atom is 0.233 e. The molecule has 1 amide bonds. The van der Waals surface area contributed by atoms with E-state index in [0.717, 1.165) is 18.5 Å². The second-order valence-corrected chi connectivity index (χ2v) is 5.70. The van der Waals surface area contributed by atoms with Crippen LogP contribution in [0.1, 0.15) is 12.0 Å². The average Bonchev–Trinajstić information content (AvgIpc) is 3.03. The molecule has 3 heteroatoms. The van der Waals surface area contributed by atoms with Crippen molar-refractivity contribution in [3.05, 3.63) is 35.9 Å². The Morgan fingerprint density at radius 3 is 2.33 bits per heavy atom. The lowest BCUT2D eigenvalue weighted by Gasteiger charge is -2.23. The summed E-state index contributed by atoms with van der Waals surface area (Å²) >= 11 is 0. The van der Waals surface area contributed by atoms with Crippen molar-refractivity contribution in [3.63, 3.8) is 0 Å². The molecular formula is C15H22N2O. The van der Waals surface area contributed by atoms with Crippen molar-refractivity contribution in [1.82, 2.24) is 9.80 Å². The van der Waals surface area contributed by atoms with Crippen LogP contribution in [0.5, 0.6) is 0 Å². The highest BCUT2D eigenvalue weighted by Crippen LogP contribution is 2.55. The molecule has 0 bridgehead atoms. The lowest BCUT2D eigenvalue weighted by Crippen LogP contribution is -2.36. The van der Waals surface area contributed by atoms with Gasteiger partial charge in [-0.1, -0.05) is 30.3 Å². The smallest absolute Gasteiger partial charge is 0.233 e. The molecule has 18 heavy (non-hydrogen) atoms. The Morgan fingerprint density at radius 1 is 1.22 bits per heavy atom. The first kappa shape index (κ1) is 13.1. The van der Waals surface area contributed by atoms with Crippen molar-refractivity contribution in [2.45, 2.75) is 11.8 Å². The molecule has 0 saturated heterocycles. The van der Waals surface area contributed by atoms with Gasteiger partial charge in [0.15, 0.2) is 0 Å². The summed E-state index contributed by atoms with van der Waals surface area (Å²) in [5.74, 6) is 0.672. The van der Waals surface area contributed by atoms with Crippen LogP contribution in [-0.2, 0) is 10.2 Å². The topological polar surface area (TPSA) is 23.6 Å². The summed E-state index contributed by atoms with van der Waals surface area (Å²) in [7, 11) is 7.82. The Bertz CT molecular complexity index is 427. The molecule has 1 aromatic carbocycles. The third kappa shape index (κ3) is 2.15. The summed E-state index contributed by atoms with van der Waals surface area (Å²) in [6.07, 6.45) is 0.964. The molecule has 0 aliphatic heterocycles. The Kier molecular flexibility index (Phi) is 3.44. The molecule has 98 valence electrons. The van der Waals surface area contributed by atoms with E-state index < -0.39 is 0 Å². The SMILES string of the molecule is CN(C)C[C@H]1C[C@]1(C(=O)N(C)C)c1ccccc1. The van der Waals surface area contributed by atoms with Crippen molar-refractivity contribution in [2.75, 3.05) is 34.7 Å². The number of hydrogen-bond acceptors (Lipinski definition) is 2. The Balaban J connectivity index is 2.30. The number of amides is 1. The number of carbonyl (C=O) groups is 1. The molecule has 2 atom stereocenters. The molecule has 0 N–H and O–H groups in total. The summed E-state index contributed by atoms with van der Waals surface area (Å²) in [4.78, 5) is 16.4. The van der Waals surface area contributed by atoms with Gasteiger partial charge in [0.05, 0.1) is 5.41 Å². The largest absolute Gasteiger partial charge is 0.348 e. The highest BCUT2D eigenvalue weighted by Gasteiger charge is 2.61. The van der Waals surface area contributed by atoms with Gasteiger partial charge >= 0.3 is 0 Å². The zero-order chi connectivity index (χ0) is 13.3. The van der Waals surface area contributed by atoms with E-state index in [2.05, 4.69) is 31.1 Å². The number of benzene rings is 1. The van der Waals surface area contributed by atoms with Crippen LogP contribution >= 0.6 is 0 Å². The lowest BCUT2D eigenvalue weighted by molar-refractivity contribution is -0.131. The highest BCUT2D eigenvalue weighted by atomic mass is 16.2. The molecule has 1 aromatic rings. The van der Waals surface area contributed by atoms with Crippen LogP contribution in [0.3, 0.4) is 0 Å². The molecule has 1 fully saturated rings. The van der Waals surface area contributed by atoms with E-state index in [1.54, 1.807) is 4.90 Å². The molecule has 0 unspecified atom stereocenters. The predicted molar refractivity (Wildman–Crippen MR) is 73.5 cm³/mol. The zero-order valence-corrected chi connectivity index (χ0v) is 11.7. The number of rotatable bonds is 4. The zero-order valence-electron chi connectivity index (χ0n) is 11.7. The minimum atomic E-state index is -0.283. The van der Waals surface area contributed by atoms with E-state index >= 15 is 0 Å². The Labute approximate surface area is 109 Å². The quantitative estimate of drug-likeness (QED) is 0.805. The fraction of sp³-hybridized carbons (Fsp3) is 0.533. The standard InChI is InChI=1S/C15H22N2O/c1-16(2)11-13-10-15(13,14(18)17(3)4)12-8-6-5-7-9-12/h5-9,13H,10-11H2,1-4H3/t13-,15+/m1/s1. The molecule has 3 nitrogen and oxygen atoms in total. The third-order valence-electron chi connectivity index (χ3n) is 3.77. The van der Waals surface area contributed by atoms with Crippen LogP contribution in [0.2, 0.25) is 0 Å². The molecule has 0 spiro atoms. The van der Waals surface area contributed by atoms with Crippen molar-refractivity contribution in [1.29, 1.82) is 0 Å². The molecule has 0 heterocycles. The minimum Gasteiger partial charge on any atom is -0.348 e. The number of hydrogen-bond donors (Lipinski definition) is 0. The predicted octanol–water partition coefficient (Wildman–Crippen LogP) is 1.59. The molecule has 1 aliphatic rings. The van der Waals surface area contributed by atoms with Crippen LogP contribution in [0, 0.1) is 5.92 Å². The van der Waals surface area contributed by atoms with E-state index in [-0.39, 0.29) is 11.3 Å². The maximum atomic E-state index is 12.5. The summed E-state index contributed by atoms with van der Waals surface area (Å²) in [5.41, 5.74) is 0.880. The summed E-state index contributed by atoms with van der Waals surface area (Å²) in [5, 5.41) is 0. The van der Waals surface area contributed by atoms with Gasteiger partial charge in [-0.2, -0.15) is 0 Å². The van der Waals surface area contributed by atoms with Crippen LogP contribution in [0.15, 0.2) is 30.3 Å². The van der Waals surface area contributed by atoms with Gasteiger partial charge in [-0.15, -0.1) is 0 Å². The highest BCUT2D eigenvalue weighted by molar-refractivity contribution is 5.91. The van der Waals surface area contributed by atoms with Crippen LogP contribution in [0.25, 0.3) is 0 Å². The first-order valence-electron chi connectivity index (χ1n) is 6.40. The van der Waals surface area contributed by atoms with Gasteiger partial charge in [0, 0.05) is 20.6 Å². The fourth-order valence-electron chi connectivity index (χ4n) is 2.86. The summed E-state index contributed by atoms with van der Waals surface area (Å²) in [6, 6.07) is 10.2. The molecule has 0 aromatic heterocycles. The van der Waals surface area contributed by atoms with E-state index in [4.69, 9.17) is 0 Å². The molecule has 1 saturated carbocycles. The van der Waals surface area contributed by atoms with Gasteiger partial charge in [0.2, 0.25) is 5.91 Å². The van der Waals surface area contributed by atoms with Crippen molar-refractivity contribution in [2.24, 2.45) is 5.92 Å². The second kappa shape index (κ2) is 4.73. The fourth-order valence-corrected chi connectivity index (χ4v) is 2.86. The van der Waals surface area contributed by atoms with Gasteiger partial charge in [0.1, 0.15) is 0 Å². The number of likely N-dealkylation sites (N-methyl/N-ethyl adjacent to an activating group) is 1. The first-order valence-corrected chi connectivity index (χ1v) is 6.40. The van der Waals surface area contributed by atoms with Gasteiger partial charge in [-0.25, -0.2) is 0 Å². The van der Waals surface area contributed by atoms with Crippen LogP contribution in [0.4, 0.5) is 0 Å². The van der Waals surface area contributed by atoms with Gasteiger partial charge in [0.25, 0.3) is 0 Å².